The second-order valence-electron chi connectivity index (χ2n) is 9.91. The highest BCUT2D eigenvalue weighted by Crippen LogP contribution is 2.39. The molecule has 210 valence electrons. The minimum Gasteiger partial charge on any atom is -0.346 e. The predicted octanol–water partition coefficient (Wildman–Crippen LogP) is 5.87. The third kappa shape index (κ3) is 5.04. The zero-order valence-electron chi connectivity index (χ0n) is 21.4. The van der Waals surface area contributed by atoms with E-state index in [0.717, 1.165) is 33.5 Å². The number of imide groups is 1. The van der Waals surface area contributed by atoms with Crippen molar-refractivity contribution in [2.24, 2.45) is 0 Å². The molecule has 0 saturated carbocycles. The minimum absolute atomic E-state index is 0.0560. The predicted molar refractivity (Wildman–Crippen MR) is 147 cm³/mol. The smallest absolute Gasteiger partial charge is 0.346 e. The summed E-state index contributed by atoms with van der Waals surface area (Å²) in [7, 11) is 0. The summed E-state index contributed by atoms with van der Waals surface area (Å²) in [6, 6.07) is 12.1. The Bertz CT molecular complexity index is 1660. The first-order valence-corrected chi connectivity index (χ1v) is 14.1. The summed E-state index contributed by atoms with van der Waals surface area (Å²) >= 11 is 7.68. The van der Waals surface area contributed by atoms with E-state index in [1.165, 1.54) is 41.7 Å². The van der Waals surface area contributed by atoms with E-state index < -0.39 is 35.5 Å². The van der Waals surface area contributed by atoms with Crippen LogP contribution in [0.25, 0.3) is 11.3 Å². The zero-order valence-corrected chi connectivity index (χ0v) is 22.9. The van der Waals surface area contributed by atoms with Crippen LogP contribution in [0.1, 0.15) is 52.8 Å². The topological polar surface area (TPSA) is 84.3 Å². The molecule has 6 rings (SSSR count). The van der Waals surface area contributed by atoms with Crippen LogP contribution in [-0.4, -0.2) is 45.0 Å². The van der Waals surface area contributed by atoms with Crippen molar-refractivity contribution in [1.82, 2.24) is 20.0 Å². The number of alkyl halides is 3. The number of amides is 3. The van der Waals surface area contributed by atoms with E-state index in [9.17, 15) is 27.6 Å². The molecule has 7 nitrogen and oxygen atoms in total. The number of nitrogens with zero attached hydrogens (tertiary/aromatic N) is 3. The Hall–Kier alpha value is -3.96. The highest BCUT2D eigenvalue weighted by molar-refractivity contribution is 7.14. The van der Waals surface area contributed by atoms with Crippen molar-refractivity contribution in [1.29, 1.82) is 0 Å². The number of rotatable bonds is 6. The molecule has 1 N–H and O–H groups in total. The number of hydrogen-bond acceptors (Lipinski definition) is 5. The summed E-state index contributed by atoms with van der Waals surface area (Å²) in [5, 5.41) is 7.59. The second-order valence-corrected chi connectivity index (χ2v) is 11.5. The van der Waals surface area contributed by atoms with Crippen LogP contribution in [0.2, 0.25) is 5.02 Å². The first-order valence-electron chi connectivity index (χ1n) is 12.9. The van der Waals surface area contributed by atoms with Gasteiger partial charge in [0.1, 0.15) is 0 Å². The van der Waals surface area contributed by atoms with Crippen molar-refractivity contribution in [3.63, 3.8) is 0 Å². The number of hydrogen-bond donors (Lipinski definition) is 1. The van der Waals surface area contributed by atoms with Crippen LogP contribution in [0.3, 0.4) is 0 Å². The number of halogens is 4. The molecule has 4 aromatic rings. The van der Waals surface area contributed by atoms with Gasteiger partial charge in [-0.15, -0.1) is 11.3 Å². The number of carbonyl (C=O) groups excluding carboxylic acids is 3. The van der Waals surface area contributed by atoms with Gasteiger partial charge in [-0.3, -0.25) is 24.0 Å². The van der Waals surface area contributed by atoms with Gasteiger partial charge in [0, 0.05) is 23.5 Å². The van der Waals surface area contributed by atoms with Crippen molar-refractivity contribution in [2.45, 2.75) is 38.0 Å². The van der Waals surface area contributed by atoms with Gasteiger partial charge < -0.3 is 5.32 Å². The maximum Gasteiger partial charge on any atom is 0.416 e. The molecule has 41 heavy (non-hydrogen) atoms. The minimum atomic E-state index is -4.62. The molecule has 12 heteroatoms. The van der Waals surface area contributed by atoms with Crippen LogP contribution in [-0.2, 0) is 25.6 Å². The van der Waals surface area contributed by atoms with E-state index in [1.54, 1.807) is 29.1 Å². The first-order chi connectivity index (χ1) is 19.6. The summed E-state index contributed by atoms with van der Waals surface area (Å²) in [5.41, 5.74) is 1.05. The fraction of sp³-hybridized carbons (Fsp3) is 0.241. The van der Waals surface area contributed by atoms with Crippen molar-refractivity contribution < 1.29 is 27.6 Å². The van der Waals surface area contributed by atoms with Crippen molar-refractivity contribution >= 4 is 40.7 Å². The van der Waals surface area contributed by atoms with E-state index in [0.29, 0.717) is 22.9 Å². The highest BCUT2D eigenvalue weighted by Gasteiger charge is 2.38. The molecule has 0 aliphatic carbocycles. The van der Waals surface area contributed by atoms with Crippen LogP contribution in [0, 0.1) is 0 Å². The molecule has 2 aliphatic heterocycles. The molecule has 0 saturated heterocycles. The lowest BCUT2D eigenvalue weighted by atomic mass is 9.99. The normalized spacial score (nSPS) is 15.3. The van der Waals surface area contributed by atoms with E-state index in [4.69, 9.17) is 11.6 Å². The van der Waals surface area contributed by atoms with Crippen molar-refractivity contribution in [3.05, 3.63) is 97.8 Å². The van der Waals surface area contributed by atoms with Gasteiger partial charge >= 0.3 is 6.18 Å². The summed E-state index contributed by atoms with van der Waals surface area (Å²) in [6.45, 7) is 0.389. The Balaban J connectivity index is 1.32. The largest absolute Gasteiger partial charge is 0.416 e. The summed E-state index contributed by atoms with van der Waals surface area (Å²) in [5.74, 6) is -1.63. The molecule has 1 atom stereocenters. The molecule has 1 unspecified atom stereocenters. The highest BCUT2D eigenvalue weighted by atomic mass is 35.5. The Morgan fingerprint density at radius 2 is 1.73 bits per heavy atom. The molecule has 2 aromatic carbocycles. The summed E-state index contributed by atoms with van der Waals surface area (Å²) < 4.78 is 43.2. The molecule has 3 amide bonds. The molecule has 0 spiro atoms. The van der Waals surface area contributed by atoms with Crippen molar-refractivity contribution in [2.75, 3.05) is 6.54 Å². The summed E-state index contributed by atoms with van der Waals surface area (Å²) in [6.07, 6.45) is -1.80. The number of thiophene rings is 1. The summed E-state index contributed by atoms with van der Waals surface area (Å²) in [4.78, 5) is 42.0. The second kappa shape index (κ2) is 10.5. The molecule has 2 aliphatic rings. The van der Waals surface area contributed by atoms with Gasteiger partial charge in [0.05, 0.1) is 44.5 Å². The van der Waals surface area contributed by atoms with Crippen LogP contribution < -0.4 is 5.32 Å². The van der Waals surface area contributed by atoms with Gasteiger partial charge in [-0.25, -0.2) is 0 Å². The van der Waals surface area contributed by atoms with Gasteiger partial charge in [-0.2, -0.15) is 18.3 Å². The average Bonchev–Trinajstić information content (AvgIpc) is 3.55. The van der Waals surface area contributed by atoms with Gasteiger partial charge in [0.2, 0.25) is 0 Å². The Kier molecular flexibility index (Phi) is 6.95. The van der Waals surface area contributed by atoms with E-state index in [-0.39, 0.29) is 29.7 Å². The number of aromatic nitrogens is 2. The molecular formula is C29H22ClF3N4O3S. The Morgan fingerprint density at radius 3 is 2.44 bits per heavy atom. The fourth-order valence-corrected chi connectivity index (χ4v) is 6.75. The number of aryl methyl sites for hydroxylation is 2. The van der Waals surface area contributed by atoms with Crippen LogP contribution in [0.5, 0.6) is 0 Å². The monoisotopic (exact) mass is 598 g/mol. The lowest BCUT2D eigenvalue weighted by Gasteiger charge is -2.25. The van der Waals surface area contributed by atoms with Crippen molar-refractivity contribution in [3.8, 4) is 11.3 Å². The number of carbonyl (C=O) groups is 3. The molecule has 4 heterocycles. The van der Waals surface area contributed by atoms with Gasteiger partial charge in [-0.05, 0) is 49.1 Å². The molecule has 0 bridgehead atoms. The van der Waals surface area contributed by atoms with E-state index >= 15 is 0 Å². The van der Waals surface area contributed by atoms with Gasteiger partial charge in [0.25, 0.3) is 17.7 Å². The first kappa shape index (κ1) is 27.2. The standard InChI is InChI=1S/C29H22ClF3N4O3S/c30-22-14-34-37-11-5-10-23-20(25(22)37)13-24(41-23)26(38)35-17(12-16-6-1-4-9-21(16)29(31,32)33)15-36-27(39)18-7-2-3-8-19(18)28(36)40/h1-4,6-9,13-14,17H,5,10-12,15H2,(H,35,38). The third-order valence-corrected chi connectivity index (χ3v) is 8.73. The Morgan fingerprint density at radius 1 is 1.05 bits per heavy atom. The Labute approximate surface area is 241 Å². The van der Waals surface area contributed by atoms with Crippen LogP contribution in [0.15, 0.2) is 60.8 Å². The van der Waals surface area contributed by atoms with Crippen LogP contribution >= 0.6 is 22.9 Å². The molecular weight excluding hydrogens is 577 g/mol. The number of benzene rings is 2. The molecule has 0 radical (unpaired) electrons. The van der Waals surface area contributed by atoms with Gasteiger partial charge in [-0.1, -0.05) is 41.9 Å². The quantitative estimate of drug-likeness (QED) is 0.282. The average molecular weight is 599 g/mol. The van der Waals surface area contributed by atoms with Crippen LogP contribution in [0.4, 0.5) is 13.2 Å². The lowest BCUT2D eigenvalue weighted by molar-refractivity contribution is -0.138. The third-order valence-electron chi connectivity index (χ3n) is 7.26. The lowest BCUT2D eigenvalue weighted by Crippen LogP contribution is -2.47. The van der Waals surface area contributed by atoms with E-state index in [2.05, 4.69) is 10.4 Å². The maximum atomic E-state index is 13.8. The van der Waals surface area contributed by atoms with Gasteiger partial charge in [0.15, 0.2) is 0 Å². The number of nitrogens with one attached hydrogen (secondary N) is 1. The molecule has 2 aromatic heterocycles. The SMILES string of the molecule is O=C(NC(Cc1ccccc1C(F)(F)F)CN1C(=O)c2ccccc2C1=O)c1cc2c(s1)CCCn1ncc(Cl)c1-2. The fourth-order valence-electron chi connectivity index (χ4n) is 5.40. The zero-order chi connectivity index (χ0) is 28.9. The molecule has 0 fully saturated rings. The van der Waals surface area contributed by atoms with E-state index in [1.807, 2.05) is 0 Å². The maximum absolute atomic E-state index is 13.8. The number of fused-ring (bicyclic) bond motifs is 4.